The van der Waals surface area contributed by atoms with E-state index in [9.17, 15) is 14.0 Å². The predicted molar refractivity (Wildman–Crippen MR) is 70.5 cm³/mol. The van der Waals surface area contributed by atoms with E-state index in [2.05, 4.69) is 15.9 Å². The highest BCUT2D eigenvalue weighted by atomic mass is 79.9. The molecule has 0 atom stereocenters. The summed E-state index contributed by atoms with van der Waals surface area (Å²) < 4.78 is 23.7. The molecule has 0 amide bonds. The third-order valence-electron chi connectivity index (χ3n) is 2.20. The summed E-state index contributed by atoms with van der Waals surface area (Å²) in [5.74, 6) is -1.25. The van der Waals surface area contributed by atoms with Crippen LogP contribution in [0.15, 0.2) is 22.7 Å². The van der Waals surface area contributed by atoms with Gasteiger partial charge in [-0.1, -0.05) is 15.9 Å². The number of ketones is 1. The first-order valence-electron chi connectivity index (χ1n) is 5.78. The lowest BCUT2D eigenvalue weighted by Crippen LogP contribution is -2.14. The van der Waals surface area contributed by atoms with Crippen molar-refractivity contribution in [3.8, 4) is 5.75 Å². The van der Waals surface area contributed by atoms with Crippen LogP contribution in [0.25, 0.3) is 0 Å². The van der Waals surface area contributed by atoms with E-state index in [1.165, 1.54) is 18.2 Å². The van der Waals surface area contributed by atoms with Gasteiger partial charge in [-0.25, -0.2) is 4.39 Å². The Labute approximate surface area is 119 Å². The number of rotatable bonds is 7. The minimum atomic E-state index is -0.540. The van der Waals surface area contributed by atoms with Gasteiger partial charge in [-0.2, -0.15) is 0 Å². The second-order valence-electron chi connectivity index (χ2n) is 3.71. The summed E-state index contributed by atoms with van der Waals surface area (Å²) >= 11 is 3.18. The lowest BCUT2D eigenvalue weighted by molar-refractivity contribution is -0.144. The van der Waals surface area contributed by atoms with Crippen molar-refractivity contribution in [3.05, 3.63) is 28.5 Å². The van der Waals surface area contributed by atoms with Crippen molar-refractivity contribution in [2.45, 2.75) is 19.8 Å². The first-order chi connectivity index (χ1) is 9.02. The Balaban J connectivity index is 2.38. The van der Waals surface area contributed by atoms with Gasteiger partial charge in [0, 0.05) is 10.9 Å². The SMILES string of the molecule is CCOC(=O)CCC(=O)COc1cc(Br)ccc1F. The minimum absolute atomic E-state index is 0.00106. The van der Waals surface area contributed by atoms with Crippen LogP contribution in [-0.4, -0.2) is 25.0 Å². The van der Waals surface area contributed by atoms with Crippen molar-refractivity contribution in [3.63, 3.8) is 0 Å². The average Bonchev–Trinajstić information content (AvgIpc) is 2.38. The minimum Gasteiger partial charge on any atom is -0.483 e. The number of esters is 1. The molecule has 0 unspecified atom stereocenters. The number of Topliss-reactive ketones (excluding diaryl/α,β-unsaturated/α-hetero) is 1. The molecule has 1 rings (SSSR count). The Morgan fingerprint density at radius 2 is 2.05 bits per heavy atom. The topological polar surface area (TPSA) is 52.6 Å². The maximum absolute atomic E-state index is 13.3. The molecule has 0 N–H and O–H groups in total. The molecule has 1 aromatic carbocycles. The Kier molecular flexibility index (Phi) is 6.49. The van der Waals surface area contributed by atoms with Crippen molar-refractivity contribution in [1.82, 2.24) is 0 Å². The van der Waals surface area contributed by atoms with Gasteiger partial charge < -0.3 is 9.47 Å². The molecular weight excluding hydrogens is 319 g/mol. The molecule has 0 spiro atoms. The number of carbonyl (C=O) groups is 2. The maximum atomic E-state index is 13.3. The fourth-order valence-corrected chi connectivity index (χ4v) is 1.63. The smallest absolute Gasteiger partial charge is 0.306 e. The Morgan fingerprint density at radius 3 is 2.74 bits per heavy atom. The van der Waals surface area contributed by atoms with E-state index in [4.69, 9.17) is 9.47 Å². The molecule has 19 heavy (non-hydrogen) atoms. The highest BCUT2D eigenvalue weighted by Crippen LogP contribution is 2.22. The van der Waals surface area contributed by atoms with Crippen LogP contribution in [0.4, 0.5) is 4.39 Å². The van der Waals surface area contributed by atoms with E-state index in [-0.39, 0.29) is 37.6 Å². The van der Waals surface area contributed by atoms with Gasteiger partial charge >= 0.3 is 5.97 Å². The highest BCUT2D eigenvalue weighted by Gasteiger charge is 2.10. The molecule has 0 aliphatic heterocycles. The lowest BCUT2D eigenvalue weighted by atomic mass is 10.2. The lowest BCUT2D eigenvalue weighted by Gasteiger charge is -2.07. The van der Waals surface area contributed by atoms with E-state index in [0.29, 0.717) is 4.47 Å². The Morgan fingerprint density at radius 1 is 1.32 bits per heavy atom. The van der Waals surface area contributed by atoms with Gasteiger partial charge in [0.1, 0.15) is 6.61 Å². The molecule has 6 heteroatoms. The van der Waals surface area contributed by atoms with Crippen molar-refractivity contribution in [2.24, 2.45) is 0 Å². The molecule has 104 valence electrons. The van der Waals surface area contributed by atoms with E-state index in [0.717, 1.165) is 0 Å². The van der Waals surface area contributed by atoms with Crippen LogP contribution in [0, 0.1) is 5.82 Å². The van der Waals surface area contributed by atoms with Crippen molar-refractivity contribution in [2.75, 3.05) is 13.2 Å². The summed E-state index contributed by atoms with van der Waals surface area (Å²) in [6.45, 7) is 1.71. The van der Waals surface area contributed by atoms with Crippen LogP contribution in [0.1, 0.15) is 19.8 Å². The quantitative estimate of drug-likeness (QED) is 0.720. The molecule has 0 saturated carbocycles. The summed E-state index contributed by atoms with van der Waals surface area (Å²) in [7, 11) is 0. The van der Waals surface area contributed by atoms with Gasteiger partial charge in [0.25, 0.3) is 0 Å². The Bertz CT molecular complexity index is 462. The van der Waals surface area contributed by atoms with Gasteiger partial charge in [0.05, 0.1) is 13.0 Å². The maximum Gasteiger partial charge on any atom is 0.306 e. The second-order valence-corrected chi connectivity index (χ2v) is 4.62. The fourth-order valence-electron chi connectivity index (χ4n) is 1.29. The standard InChI is InChI=1S/C13H14BrFO4/c1-2-18-13(17)6-4-10(16)8-19-12-7-9(14)3-5-11(12)15/h3,5,7H,2,4,6,8H2,1H3. The number of carbonyl (C=O) groups excluding carboxylic acids is 2. The molecule has 0 fully saturated rings. The normalized spacial score (nSPS) is 10.1. The van der Waals surface area contributed by atoms with E-state index >= 15 is 0 Å². The average molecular weight is 333 g/mol. The number of benzene rings is 1. The fraction of sp³-hybridized carbons (Fsp3) is 0.385. The van der Waals surface area contributed by atoms with Gasteiger partial charge in [0.15, 0.2) is 17.3 Å². The largest absolute Gasteiger partial charge is 0.483 e. The number of hydrogen-bond donors (Lipinski definition) is 0. The van der Waals surface area contributed by atoms with Crippen LogP contribution in [-0.2, 0) is 14.3 Å². The van der Waals surface area contributed by atoms with Crippen molar-refractivity contribution in [1.29, 1.82) is 0 Å². The first-order valence-corrected chi connectivity index (χ1v) is 6.57. The van der Waals surface area contributed by atoms with Crippen molar-refractivity contribution >= 4 is 27.7 Å². The molecular formula is C13H14BrFO4. The third kappa shape index (κ3) is 5.83. The second kappa shape index (κ2) is 7.89. The highest BCUT2D eigenvalue weighted by molar-refractivity contribution is 9.10. The summed E-state index contributed by atoms with van der Waals surface area (Å²) in [5, 5.41) is 0. The van der Waals surface area contributed by atoms with Crippen LogP contribution in [0.5, 0.6) is 5.75 Å². The molecule has 1 aromatic rings. The molecule has 0 bridgehead atoms. The van der Waals surface area contributed by atoms with Gasteiger partial charge in [-0.3, -0.25) is 9.59 Å². The molecule has 0 aliphatic carbocycles. The van der Waals surface area contributed by atoms with Gasteiger partial charge in [-0.15, -0.1) is 0 Å². The number of hydrogen-bond acceptors (Lipinski definition) is 4. The molecule has 4 nitrogen and oxygen atoms in total. The molecule has 0 saturated heterocycles. The number of ether oxygens (including phenoxy) is 2. The van der Waals surface area contributed by atoms with E-state index in [1.807, 2.05) is 0 Å². The van der Waals surface area contributed by atoms with E-state index in [1.54, 1.807) is 6.92 Å². The summed E-state index contributed by atoms with van der Waals surface area (Å²) in [4.78, 5) is 22.5. The first kappa shape index (κ1) is 15.6. The zero-order chi connectivity index (χ0) is 14.3. The monoisotopic (exact) mass is 332 g/mol. The predicted octanol–water partition coefficient (Wildman–Crippen LogP) is 2.88. The zero-order valence-corrected chi connectivity index (χ0v) is 12.0. The van der Waals surface area contributed by atoms with Gasteiger partial charge in [0.2, 0.25) is 0 Å². The van der Waals surface area contributed by atoms with Crippen LogP contribution < -0.4 is 4.74 Å². The summed E-state index contributed by atoms with van der Waals surface area (Å²) in [5.41, 5.74) is 0. The van der Waals surface area contributed by atoms with Crippen LogP contribution >= 0.6 is 15.9 Å². The van der Waals surface area contributed by atoms with Crippen molar-refractivity contribution < 1.29 is 23.5 Å². The zero-order valence-electron chi connectivity index (χ0n) is 10.4. The molecule has 0 aromatic heterocycles. The Hall–Kier alpha value is -1.43. The number of halogens is 2. The van der Waals surface area contributed by atoms with E-state index < -0.39 is 11.8 Å². The van der Waals surface area contributed by atoms with Crippen LogP contribution in [0.3, 0.4) is 0 Å². The molecule has 0 aliphatic rings. The van der Waals surface area contributed by atoms with Gasteiger partial charge in [-0.05, 0) is 25.1 Å². The van der Waals surface area contributed by atoms with Crippen LogP contribution in [0.2, 0.25) is 0 Å². The molecule has 0 heterocycles. The third-order valence-corrected chi connectivity index (χ3v) is 2.69. The molecule has 0 radical (unpaired) electrons. The summed E-state index contributed by atoms with van der Waals surface area (Å²) in [6.07, 6.45) is 0.0332. The summed E-state index contributed by atoms with van der Waals surface area (Å²) in [6, 6.07) is 4.21.